The number of nitrogens with one attached hydrogen (secondary N) is 1. The Bertz CT molecular complexity index is 684. The number of hydrogen-bond donors (Lipinski definition) is 1. The van der Waals surface area contributed by atoms with Gasteiger partial charge in [0.05, 0.1) is 0 Å². The van der Waals surface area contributed by atoms with Gasteiger partial charge in [0.25, 0.3) is 5.91 Å². The molecule has 5 nitrogen and oxygen atoms in total. The van der Waals surface area contributed by atoms with Crippen molar-refractivity contribution in [2.45, 2.75) is 26.7 Å². The summed E-state index contributed by atoms with van der Waals surface area (Å²) in [4.78, 5) is 22.9. The van der Waals surface area contributed by atoms with Gasteiger partial charge in [-0.2, -0.15) is 0 Å². The highest BCUT2D eigenvalue weighted by molar-refractivity contribution is 5.93. The van der Waals surface area contributed by atoms with E-state index in [1.807, 2.05) is 36.1 Å². The van der Waals surface area contributed by atoms with Crippen molar-refractivity contribution in [2.24, 2.45) is 5.92 Å². The third-order valence-electron chi connectivity index (χ3n) is 4.15. The summed E-state index contributed by atoms with van der Waals surface area (Å²) in [6.07, 6.45) is 3.69. The van der Waals surface area contributed by atoms with Gasteiger partial charge in [-0.05, 0) is 37.8 Å². The fraction of sp³-hybridized carbons (Fsp3) is 0.389. The number of carbonyl (C=O) groups is 1. The third kappa shape index (κ3) is 3.86. The van der Waals surface area contributed by atoms with Crippen LogP contribution in [0.1, 0.15) is 35.8 Å². The minimum Gasteiger partial charge on any atom is -0.340 e. The average Bonchev–Trinajstić information content (AvgIpc) is 2.56. The van der Waals surface area contributed by atoms with E-state index in [0.29, 0.717) is 17.4 Å². The van der Waals surface area contributed by atoms with Crippen LogP contribution in [-0.2, 0) is 0 Å². The van der Waals surface area contributed by atoms with Gasteiger partial charge in [-0.3, -0.25) is 4.79 Å². The van der Waals surface area contributed by atoms with Crippen LogP contribution in [0, 0.1) is 12.8 Å². The Morgan fingerprint density at radius 1 is 1.26 bits per heavy atom. The number of carbonyl (C=O) groups excluding carboxylic acids is 1. The highest BCUT2D eigenvalue weighted by Crippen LogP contribution is 2.19. The van der Waals surface area contributed by atoms with Crippen LogP contribution >= 0.6 is 0 Å². The lowest BCUT2D eigenvalue weighted by molar-refractivity contribution is 0.0677. The topological polar surface area (TPSA) is 58.1 Å². The summed E-state index contributed by atoms with van der Waals surface area (Å²) in [6, 6.07) is 9.77. The third-order valence-corrected chi connectivity index (χ3v) is 4.15. The number of aryl methyl sites for hydroxylation is 1. The first-order valence-electron chi connectivity index (χ1n) is 8.07. The molecule has 0 aliphatic carbocycles. The normalized spacial score (nSPS) is 17.8. The zero-order valence-corrected chi connectivity index (χ0v) is 13.6. The zero-order valence-electron chi connectivity index (χ0n) is 13.6. The Balaban J connectivity index is 1.74. The molecule has 0 bridgehead atoms. The molecule has 0 radical (unpaired) electrons. The zero-order chi connectivity index (χ0) is 16.2. The first-order chi connectivity index (χ1) is 11.1. The second-order valence-corrected chi connectivity index (χ2v) is 6.28. The molecule has 1 unspecified atom stereocenters. The molecule has 23 heavy (non-hydrogen) atoms. The maximum atomic E-state index is 12.6. The van der Waals surface area contributed by atoms with Gasteiger partial charge in [0, 0.05) is 24.8 Å². The lowest BCUT2D eigenvalue weighted by atomic mass is 10.00. The van der Waals surface area contributed by atoms with Crippen LogP contribution in [0.4, 0.5) is 11.5 Å². The number of nitrogens with zero attached hydrogens (tertiary/aromatic N) is 3. The Kier molecular flexibility index (Phi) is 4.55. The van der Waals surface area contributed by atoms with Gasteiger partial charge >= 0.3 is 0 Å². The van der Waals surface area contributed by atoms with Crippen LogP contribution in [-0.4, -0.2) is 33.9 Å². The lowest BCUT2D eigenvalue weighted by Crippen LogP contribution is -2.39. The molecule has 1 amide bonds. The number of piperidine rings is 1. The SMILES string of the molecule is Cc1ccc(Nc2cc(C(=O)N3CCCC(C)C3)ncn2)cc1. The van der Waals surface area contributed by atoms with Gasteiger partial charge in [0.1, 0.15) is 17.8 Å². The van der Waals surface area contributed by atoms with E-state index in [1.54, 1.807) is 6.07 Å². The van der Waals surface area contributed by atoms with Gasteiger partial charge in [0.2, 0.25) is 0 Å². The molecule has 2 heterocycles. The van der Waals surface area contributed by atoms with E-state index in [-0.39, 0.29) is 5.91 Å². The van der Waals surface area contributed by atoms with Crippen molar-refractivity contribution in [3.8, 4) is 0 Å². The molecule has 1 fully saturated rings. The highest BCUT2D eigenvalue weighted by atomic mass is 16.2. The molecule has 120 valence electrons. The molecule has 3 rings (SSSR count). The minimum absolute atomic E-state index is 0.00842. The smallest absolute Gasteiger partial charge is 0.272 e. The van der Waals surface area contributed by atoms with Crippen molar-refractivity contribution in [2.75, 3.05) is 18.4 Å². The van der Waals surface area contributed by atoms with Crippen LogP contribution in [0.5, 0.6) is 0 Å². The molecule has 1 aromatic heterocycles. The van der Waals surface area contributed by atoms with Gasteiger partial charge in [0.15, 0.2) is 0 Å². The van der Waals surface area contributed by atoms with Crippen LogP contribution in [0.15, 0.2) is 36.7 Å². The summed E-state index contributed by atoms with van der Waals surface area (Å²) in [6.45, 7) is 5.85. The maximum Gasteiger partial charge on any atom is 0.272 e. The van der Waals surface area contributed by atoms with Crippen molar-refractivity contribution in [3.63, 3.8) is 0 Å². The first kappa shape index (κ1) is 15.5. The molecule has 1 aliphatic rings. The monoisotopic (exact) mass is 310 g/mol. The molecule has 0 spiro atoms. The number of likely N-dealkylation sites (tertiary alicyclic amines) is 1. The number of aromatic nitrogens is 2. The molecule has 1 saturated heterocycles. The van der Waals surface area contributed by atoms with E-state index in [9.17, 15) is 4.79 Å². The Morgan fingerprint density at radius 3 is 2.78 bits per heavy atom. The van der Waals surface area contributed by atoms with Gasteiger partial charge < -0.3 is 10.2 Å². The van der Waals surface area contributed by atoms with Crippen LogP contribution in [0.3, 0.4) is 0 Å². The number of hydrogen-bond acceptors (Lipinski definition) is 4. The molecule has 5 heteroatoms. The number of amides is 1. The quantitative estimate of drug-likeness (QED) is 0.944. The van der Waals surface area contributed by atoms with E-state index in [1.165, 1.54) is 18.3 Å². The standard InChI is InChI=1S/C18H22N4O/c1-13-5-7-15(8-6-13)21-17-10-16(19-12-20-17)18(23)22-9-3-4-14(2)11-22/h5-8,10,12,14H,3-4,9,11H2,1-2H3,(H,19,20,21). The summed E-state index contributed by atoms with van der Waals surface area (Å²) < 4.78 is 0. The maximum absolute atomic E-state index is 12.6. The summed E-state index contributed by atoms with van der Waals surface area (Å²) in [5.41, 5.74) is 2.59. The summed E-state index contributed by atoms with van der Waals surface area (Å²) in [5, 5.41) is 3.22. The Hall–Kier alpha value is -2.43. The molecule has 1 aliphatic heterocycles. The van der Waals surface area contributed by atoms with Crippen molar-refractivity contribution in [3.05, 3.63) is 47.9 Å². The highest BCUT2D eigenvalue weighted by Gasteiger charge is 2.23. The van der Waals surface area contributed by atoms with Crippen molar-refractivity contribution < 1.29 is 4.79 Å². The predicted octanol–water partition coefficient (Wildman–Crippen LogP) is 3.40. The van der Waals surface area contributed by atoms with E-state index in [2.05, 4.69) is 22.2 Å². The van der Waals surface area contributed by atoms with Crippen LogP contribution < -0.4 is 5.32 Å². The van der Waals surface area contributed by atoms with Crippen molar-refractivity contribution in [1.29, 1.82) is 0 Å². The summed E-state index contributed by atoms with van der Waals surface area (Å²) in [7, 11) is 0. The summed E-state index contributed by atoms with van der Waals surface area (Å²) in [5.74, 6) is 1.18. The fourth-order valence-electron chi connectivity index (χ4n) is 2.86. The second kappa shape index (κ2) is 6.77. The lowest BCUT2D eigenvalue weighted by Gasteiger charge is -2.30. The number of rotatable bonds is 3. The minimum atomic E-state index is -0.00842. The largest absolute Gasteiger partial charge is 0.340 e. The molecule has 1 aromatic carbocycles. The number of benzene rings is 1. The average molecular weight is 310 g/mol. The van der Waals surface area contributed by atoms with Crippen LogP contribution in [0.25, 0.3) is 0 Å². The number of anilines is 2. The molecule has 0 saturated carbocycles. The van der Waals surface area contributed by atoms with Gasteiger partial charge in [-0.1, -0.05) is 24.6 Å². The Labute approximate surface area is 136 Å². The van der Waals surface area contributed by atoms with E-state index < -0.39 is 0 Å². The van der Waals surface area contributed by atoms with Crippen molar-refractivity contribution in [1.82, 2.24) is 14.9 Å². The first-order valence-corrected chi connectivity index (χ1v) is 8.07. The summed E-state index contributed by atoms with van der Waals surface area (Å²) >= 11 is 0. The predicted molar refractivity (Wildman–Crippen MR) is 90.8 cm³/mol. The van der Waals surface area contributed by atoms with Gasteiger partial charge in [-0.25, -0.2) is 9.97 Å². The van der Waals surface area contributed by atoms with Crippen LogP contribution in [0.2, 0.25) is 0 Å². The Morgan fingerprint density at radius 2 is 2.04 bits per heavy atom. The molecular formula is C18H22N4O. The second-order valence-electron chi connectivity index (χ2n) is 6.28. The fourth-order valence-corrected chi connectivity index (χ4v) is 2.86. The molecule has 2 aromatic rings. The van der Waals surface area contributed by atoms with E-state index >= 15 is 0 Å². The van der Waals surface area contributed by atoms with E-state index in [4.69, 9.17) is 0 Å². The van der Waals surface area contributed by atoms with Gasteiger partial charge in [-0.15, -0.1) is 0 Å². The molecular weight excluding hydrogens is 288 g/mol. The van der Waals surface area contributed by atoms with Crippen molar-refractivity contribution >= 4 is 17.4 Å². The molecule has 1 atom stereocenters. The molecule has 1 N–H and O–H groups in total. The van der Waals surface area contributed by atoms with E-state index in [0.717, 1.165) is 25.2 Å².